The average molecular weight is 311 g/mol. The van der Waals surface area contributed by atoms with Gasteiger partial charge < -0.3 is 24.1 Å². The standard InChI is InChI=1S/C15H25N3O4/c1-11-16-5-7-18(11)6-4-14(19)17-8-12-9-22-10-13(20-2)15(12)21-3/h5,7,12-13,15H,4,6,8-10H2,1-3H3,(H,17,19)/t12-,13-,15+/m1/s1. The van der Waals surface area contributed by atoms with Gasteiger partial charge in [0.1, 0.15) is 11.9 Å². The number of imidazole rings is 1. The van der Waals surface area contributed by atoms with Gasteiger partial charge in [-0.05, 0) is 6.92 Å². The van der Waals surface area contributed by atoms with Crippen LogP contribution in [0.2, 0.25) is 0 Å². The highest BCUT2D eigenvalue weighted by Gasteiger charge is 2.34. The Morgan fingerprint density at radius 3 is 2.91 bits per heavy atom. The van der Waals surface area contributed by atoms with Crippen molar-refractivity contribution in [2.75, 3.05) is 34.0 Å². The quantitative estimate of drug-likeness (QED) is 0.788. The Kier molecular flexibility index (Phi) is 6.35. The van der Waals surface area contributed by atoms with Crippen molar-refractivity contribution in [1.29, 1.82) is 0 Å². The number of hydrogen-bond donors (Lipinski definition) is 1. The number of amides is 1. The van der Waals surface area contributed by atoms with Gasteiger partial charge in [-0.2, -0.15) is 0 Å². The minimum atomic E-state index is -0.0887. The maximum atomic E-state index is 12.0. The first-order valence-corrected chi connectivity index (χ1v) is 7.53. The molecule has 124 valence electrons. The van der Waals surface area contributed by atoms with Gasteiger partial charge in [0, 0.05) is 52.0 Å². The Bertz CT molecular complexity index is 477. The summed E-state index contributed by atoms with van der Waals surface area (Å²) in [5.41, 5.74) is 0. The van der Waals surface area contributed by atoms with Crippen molar-refractivity contribution in [1.82, 2.24) is 14.9 Å². The molecule has 1 aliphatic heterocycles. The second kappa shape index (κ2) is 8.26. The number of aryl methyl sites for hydroxylation is 2. The van der Waals surface area contributed by atoms with E-state index in [0.29, 0.717) is 32.7 Å². The summed E-state index contributed by atoms with van der Waals surface area (Å²) >= 11 is 0. The fourth-order valence-corrected chi connectivity index (χ4v) is 2.75. The monoisotopic (exact) mass is 311 g/mol. The van der Waals surface area contributed by atoms with E-state index in [1.54, 1.807) is 20.4 Å². The first-order valence-electron chi connectivity index (χ1n) is 7.53. The second-order valence-corrected chi connectivity index (χ2v) is 5.49. The molecular formula is C15H25N3O4. The van der Waals surface area contributed by atoms with Gasteiger partial charge in [0.05, 0.1) is 19.3 Å². The molecule has 0 bridgehead atoms. The van der Waals surface area contributed by atoms with Crippen LogP contribution >= 0.6 is 0 Å². The molecule has 1 amide bonds. The zero-order chi connectivity index (χ0) is 15.9. The summed E-state index contributed by atoms with van der Waals surface area (Å²) in [7, 11) is 3.31. The van der Waals surface area contributed by atoms with E-state index < -0.39 is 0 Å². The van der Waals surface area contributed by atoms with Gasteiger partial charge in [-0.1, -0.05) is 0 Å². The van der Waals surface area contributed by atoms with Crippen LogP contribution in [0.1, 0.15) is 12.2 Å². The van der Waals surface area contributed by atoms with E-state index >= 15 is 0 Å². The Balaban J connectivity index is 1.76. The SMILES string of the molecule is CO[C@H]1[C@H](CNC(=O)CCn2ccnc2C)COC[C@H]1OC. The van der Waals surface area contributed by atoms with Crippen molar-refractivity contribution in [2.45, 2.75) is 32.1 Å². The maximum absolute atomic E-state index is 12.0. The van der Waals surface area contributed by atoms with Crippen molar-refractivity contribution >= 4 is 5.91 Å². The van der Waals surface area contributed by atoms with Crippen LogP contribution in [-0.4, -0.2) is 61.6 Å². The van der Waals surface area contributed by atoms with Crippen LogP contribution in [-0.2, 0) is 25.5 Å². The Morgan fingerprint density at radius 2 is 2.27 bits per heavy atom. The van der Waals surface area contributed by atoms with E-state index in [0.717, 1.165) is 5.82 Å². The zero-order valence-corrected chi connectivity index (χ0v) is 13.4. The molecule has 1 aliphatic rings. The highest BCUT2D eigenvalue weighted by Crippen LogP contribution is 2.19. The summed E-state index contributed by atoms with van der Waals surface area (Å²) in [6.45, 7) is 4.18. The number of nitrogens with one attached hydrogen (secondary N) is 1. The third kappa shape index (κ3) is 4.28. The highest BCUT2D eigenvalue weighted by molar-refractivity contribution is 5.75. The predicted octanol–water partition coefficient (Wildman–Crippen LogP) is 0.374. The van der Waals surface area contributed by atoms with Crippen LogP contribution < -0.4 is 5.32 Å². The van der Waals surface area contributed by atoms with Gasteiger partial charge in [0.15, 0.2) is 0 Å². The maximum Gasteiger partial charge on any atom is 0.221 e. The topological polar surface area (TPSA) is 74.6 Å². The number of carbonyl (C=O) groups excluding carboxylic acids is 1. The molecule has 0 unspecified atom stereocenters. The minimum Gasteiger partial charge on any atom is -0.378 e. The van der Waals surface area contributed by atoms with E-state index in [4.69, 9.17) is 14.2 Å². The van der Waals surface area contributed by atoms with E-state index in [2.05, 4.69) is 10.3 Å². The smallest absolute Gasteiger partial charge is 0.221 e. The molecule has 2 heterocycles. The number of methoxy groups -OCH3 is 2. The third-order valence-corrected chi connectivity index (χ3v) is 4.08. The lowest BCUT2D eigenvalue weighted by atomic mass is 9.96. The van der Waals surface area contributed by atoms with Crippen LogP contribution in [0.25, 0.3) is 0 Å². The van der Waals surface area contributed by atoms with Gasteiger partial charge >= 0.3 is 0 Å². The predicted molar refractivity (Wildman–Crippen MR) is 80.5 cm³/mol. The molecule has 1 aromatic heterocycles. The summed E-state index contributed by atoms with van der Waals surface area (Å²) in [6.07, 6.45) is 3.89. The molecule has 0 spiro atoms. The fourth-order valence-electron chi connectivity index (χ4n) is 2.75. The van der Waals surface area contributed by atoms with Crippen LogP contribution in [0.5, 0.6) is 0 Å². The van der Waals surface area contributed by atoms with E-state index in [9.17, 15) is 4.79 Å². The molecule has 3 atom stereocenters. The van der Waals surface area contributed by atoms with Gasteiger partial charge in [0.2, 0.25) is 5.91 Å². The lowest BCUT2D eigenvalue weighted by Crippen LogP contribution is -2.50. The van der Waals surface area contributed by atoms with Gasteiger partial charge in [-0.15, -0.1) is 0 Å². The first-order chi connectivity index (χ1) is 10.7. The van der Waals surface area contributed by atoms with Crippen LogP contribution in [0.4, 0.5) is 0 Å². The largest absolute Gasteiger partial charge is 0.378 e. The number of carbonyl (C=O) groups is 1. The molecule has 7 nitrogen and oxygen atoms in total. The summed E-state index contributed by atoms with van der Waals surface area (Å²) in [5.74, 6) is 1.03. The number of nitrogens with zero attached hydrogens (tertiary/aromatic N) is 2. The molecule has 1 saturated heterocycles. The molecule has 0 aliphatic carbocycles. The second-order valence-electron chi connectivity index (χ2n) is 5.49. The number of rotatable bonds is 7. The van der Waals surface area contributed by atoms with Gasteiger partial charge in [-0.3, -0.25) is 4.79 Å². The molecule has 22 heavy (non-hydrogen) atoms. The highest BCUT2D eigenvalue weighted by atomic mass is 16.6. The summed E-state index contributed by atoms with van der Waals surface area (Å²) in [6, 6.07) is 0. The van der Waals surface area contributed by atoms with Crippen molar-refractivity contribution < 1.29 is 19.0 Å². The van der Waals surface area contributed by atoms with E-state index in [1.807, 2.05) is 17.7 Å². The van der Waals surface area contributed by atoms with Crippen LogP contribution in [0, 0.1) is 12.8 Å². The van der Waals surface area contributed by atoms with Gasteiger partial charge in [-0.25, -0.2) is 4.98 Å². The lowest BCUT2D eigenvalue weighted by molar-refractivity contribution is -0.147. The molecule has 7 heteroatoms. The molecular weight excluding hydrogens is 286 g/mol. The molecule has 1 fully saturated rings. The van der Waals surface area contributed by atoms with Crippen molar-refractivity contribution in [3.8, 4) is 0 Å². The molecule has 0 radical (unpaired) electrons. The van der Waals surface area contributed by atoms with Crippen LogP contribution in [0.15, 0.2) is 12.4 Å². The van der Waals surface area contributed by atoms with Crippen LogP contribution in [0.3, 0.4) is 0 Å². The number of aromatic nitrogens is 2. The van der Waals surface area contributed by atoms with Crippen molar-refractivity contribution in [2.24, 2.45) is 5.92 Å². The summed E-state index contributed by atoms with van der Waals surface area (Å²) < 4.78 is 18.4. The third-order valence-electron chi connectivity index (χ3n) is 4.08. The number of ether oxygens (including phenoxy) is 3. The minimum absolute atomic E-state index is 0.0162. The lowest BCUT2D eigenvalue weighted by Gasteiger charge is -2.36. The Morgan fingerprint density at radius 1 is 1.45 bits per heavy atom. The first kappa shape index (κ1) is 16.9. The normalized spacial score (nSPS) is 25.1. The molecule has 0 aromatic carbocycles. The Labute approximate surface area is 130 Å². The van der Waals surface area contributed by atoms with E-state index in [-0.39, 0.29) is 24.0 Å². The summed E-state index contributed by atoms with van der Waals surface area (Å²) in [5, 5.41) is 2.95. The Hall–Kier alpha value is -1.44. The van der Waals surface area contributed by atoms with E-state index in [1.165, 1.54) is 0 Å². The molecule has 1 N–H and O–H groups in total. The average Bonchev–Trinajstić information content (AvgIpc) is 2.95. The fraction of sp³-hybridized carbons (Fsp3) is 0.733. The number of hydrogen-bond acceptors (Lipinski definition) is 5. The molecule has 0 saturated carbocycles. The van der Waals surface area contributed by atoms with Gasteiger partial charge in [0.25, 0.3) is 0 Å². The molecule has 2 rings (SSSR count). The van der Waals surface area contributed by atoms with Crippen molar-refractivity contribution in [3.05, 3.63) is 18.2 Å². The summed E-state index contributed by atoms with van der Waals surface area (Å²) in [4.78, 5) is 16.1. The zero-order valence-electron chi connectivity index (χ0n) is 13.4. The molecule has 1 aromatic rings. The van der Waals surface area contributed by atoms with Crippen molar-refractivity contribution in [3.63, 3.8) is 0 Å².